The van der Waals surface area contributed by atoms with Gasteiger partial charge in [-0.15, -0.1) is 12.4 Å². The summed E-state index contributed by atoms with van der Waals surface area (Å²) in [7, 11) is 1.95. The van der Waals surface area contributed by atoms with Crippen molar-refractivity contribution in [2.45, 2.75) is 52.5 Å². The monoisotopic (exact) mass is 328 g/mol. The Morgan fingerprint density at radius 2 is 2.14 bits per heavy atom. The minimum absolute atomic E-state index is 0. The maximum Gasteiger partial charge on any atom is 0.223 e. The van der Waals surface area contributed by atoms with E-state index in [1.807, 2.05) is 18.7 Å². The number of aryl methyl sites for hydroxylation is 2. The second-order valence-electron chi connectivity index (χ2n) is 6.21. The number of carbonyl (C=O) groups is 1. The lowest BCUT2D eigenvalue weighted by Gasteiger charge is -2.23. The molecule has 1 aliphatic carbocycles. The Bertz CT molecular complexity index is 514. The Labute approximate surface area is 139 Å². The summed E-state index contributed by atoms with van der Waals surface area (Å²) < 4.78 is 1.89. The molecule has 0 saturated heterocycles. The molecule has 1 aromatic heterocycles. The topological polar surface area (TPSA) is 72.9 Å². The highest BCUT2D eigenvalue weighted by molar-refractivity contribution is 5.85. The van der Waals surface area contributed by atoms with Gasteiger partial charge >= 0.3 is 0 Å². The predicted molar refractivity (Wildman–Crippen MR) is 91.0 cm³/mol. The van der Waals surface area contributed by atoms with Crippen LogP contribution in [0.15, 0.2) is 0 Å². The van der Waals surface area contributed by atoms with Crippen LogP contribution in [0.25, 0.3) is 0 Å². The zero-order chi connectivity index (χ0) is 15.6. The summed E-state index contributed by atoms with van der Waals surface area (Å²) in [5.41, 5.74) is 9.09. The van der Waals surface area contributed by atoms with Crippen LogP contribution in [-0.4, -0.2) is 22.2 Å². The molecule has 1 heterocycles. The zero-order valence-electron chi connectivity index (χ0n) is 14.1. The maximum atomic E-state index is 12.6. The average Bonchev–Trinajstić information content (AvgIpc) is 3.02. The fraction of sp³-hybridized carbons (Fsp3) is 0.750. The van der Waals surface area contributed by atoms with Crippen LogP contribution in [-0.2, 0) is 11.8 Å². The molecule has 3 atom stereocenters. The second kappa shape index (κ2) is 7.97. The molecule has 1 aromatic rings. The van der Waals surface area contributed by atoms with Crippen LogP contribution in [0, 0.1) is 25.7 Å². The number of nitrogens with zero attached hydrogens (tertiary/aromatic N) is 2. The van der Waals surface area contributed by atoms with Gasteiger partial charge in [-0.3, -0.25) is 9.48 Å². The quantitative estimate of drug-likeness (QED) is 0.871. The van der Waals surface area contributed by atoms with Crippen molar-refractivity contribution in [2.24, 2.45) is 24.6 Å². The number of nitrogens with one attached hydrogen (secondary N) is 1. The summed E-state index contributed by atoms with van der Waals surface area (Å²) in [5.74, 6) is 0.595. The first kappa shape index (κ1) is 19.0. The summed E-state index contributed by atoms with van der Waals surface area (Å²) in [6.07, 6.45) is 4.03. The van der Waals surface area contributed by atoms with E-state index < -0.39 is 0 Å². The number of carbonyl (C=O) groups excluding carboxylic acids is 1. The van der Waals surface area contributed by atoms with Gasteiger partial charge in [0.05, 0.1) is 11.7 Å². The molecule has 22 heavy (non-hydrogen) atoms. The third-order valence-corrected chi connectivity index (χ3v) is 4.94. The van der Waals surface area contributed by atoms with E-state index in [4.69, 9.17) is 5.73 Å². The van der Waals surface area contributed by atoms with E-state index in [1.165, 1.54) is 0 Å². The number of halogens is 1. The average molecular weight is 329 g/mol. The summed E-state index contributed by atoms with van der Waals surface area (Å²) in [6, 6.07) is 0.0465. The van der Waals surface area contributed by atoms with Crippen LogP contribution in [0.1, 0.15) is 55.6 Å². The Morgan fingerprint density at radius 3 is 2.64 bits per heavy atom. The van der Waals surface area contributed by atoms with Crippen LogP contribution in [0.2, 0.25) is 0 Å². The molecule has 1 fully saturated rings. The van der Waals surface area contributed by atoms with E-state index in [9.17, 15) is 4.79 Å². The van der Waals surface area contributed by atoms with Gasteiger partial charge in [-0.05, 0) is 45.6 Å². The lowest BCUT2D eigenvalue weighted by molar-refractivity contribution is -0.126. The van der Waals surface area contributed by atoms with E-state index in [2.05, 4.69) is 24.3 Å². The van der Waals surface area contributed by atoms with Crippen LogP contribution < -0.4 is 11.1 Å². The SMILES string of the molecule is CCC(NC(=O)[C@@H]1CCC[C@@H]1CN)c1c(C)nn(C)c1C.Cl. The predicted octanol–water partition coefficient (Wildman–Crippen LogP) is 2.40. The van der Waals surface area contributed by atoms with Crippen molar-refractivity contribution in [3.63, 3.8) is 0 Å². The highest BCUT2D eigenvalue weighted by Gasteiger charge is 2.33. The minimum Gasteiger partial charge on any atom is -0.349 e. The van der Waals surface area contributed by atoms with E-state index in [0.717, 1.165) is 42.6 Å². The van der Waals surface area contributed by atoms with Gasteiger partial charge in [0, 0.05) is 24.2 Å². The third-order valence-electron chi connectivity index (χ3n) is 4.94. The molecule has 0 bridgehead atoms. The van der Waals surface area contributed by atoms with Crippen LogP contribution >= 0.6 is 12.4 Å². The number of amides is 1. The molecule has 0 radical (unpaired) electrons. The number of hydrogen-bond acceptors (Lipinski definition) is 3. The Balaban J connectivity index is 0.00000242. The lowest BCUT2D eigenvalue weighted by atomic mass is 9.94. The number of rotatable bonds is 5. The highest BCUT2D eigenvalue weighted by atomic mass is 35.5. The van der Waals surface area contributed by atoms with Crippen LogP contribution in [0.4, 0.5) is 0 Å². The Morgan fingerprint density at radius 1 is 1.45 bits per heavy atom. The van der Waals surface area contributed by atoms with E-state index in [1.54, 1.807) is 0 Å². The van der Waals surface area contributed by atoms with Crippen molar-refractivity contribution in [1.29, 1.82) is 0 Å². The van der Waals surface area contributed by atoms with Gasteiger partial charge < -0.3 is 11.1 Å². The van der Waals surface area contributed by atoms with Crippen molar-refractivity contribution in [2.75, 3.05) is 6.54 Å². The Kier molecular flexibility index (Phi) is 6.88. The fourth-order valence-electron chi connectivity index (χ4n) is 3.62. The number of aromatic nitrogens is 2. The molecular weight excluding hydrogens is 300 g/mol. The van der Waals surface area contributed by atoms with Gasteiger partial charge in [-0.1, -0.05) is 13.3 Å². The van der Waals surface area contributed by atoms with Gasteiger partial charge in [0.2, 0.25) is 5.91 Å². The standard InChI is InChI=1S/C16H28N4O.ClH/c1-5-14(15-10(2)19-20(4)11(15)3)18-16(21)13-8-6-7-12(13)9-17;/h12-14H,5-9,17H2,1-4H3,(H,18,21);1H/t12-,13-,14?;/m1./s1. The molecule has 1 aliphatic rings. The normalized spacial score (nSPS) is 22.2. The fourth-order valence-corrected chi connectivity index (χ4v) is 3.62. The van der Waals surface area contributed by atoms with Crippen molar-refractivity contribution in [3.05, 3.63) is 17.0 Å². The molecule has 3 N–H and O–H groups in total. The van der Waals surface area contributed by atoms with Crippen LogP contribution in [0.5, 0.6) is 0 Å². The summed E-state index contributed by atoms with van der Waals surface area (Å²) in [5, 5.41) is 7.70. The molecule has 1 unspecified atom stereocenters. The second-order valence-corrected chi connectivity index (χ2v) is 6.21. The van der Waals surface area contributed by atoms with Gasteiger partial charge in [-0.2, -0.15) is 5.10 Å². The van der Waals surface area contributed by atoms with Crippen molar-refractivity contribution >= 4 is 18.3 Å². The first-order chi connectivity index (χ1) is 9.99. The smallest absolute Gasteiger partial charge is 0.223 e. The number of hydrogen-bond donors (Lipinski definition) is 2. The molecule has 0 aliphatic heterocycles. The first-order valence-corrected chi connectivity index (χ1v) is 8.00. The van der Waals surface area contributed by atoms with Gasteiger partial charge in [0.1, 0.15) is 0 Å². The molecule has 1 saturated carbocycles. The molecule has 1 amide bonds. The van der Waals surface area contributed by atoms with Crippen molar-refractivity contribution < 1.29 is 4.79 Å². The van der Waals surface area contributed by atoms with Gasteiger partial charge in [0.25, 0.3) is 0 Å². The zero-order valence-corrected chi connectivity index (χ0v) is 14.9. The molecule has 6 heteroatoms. The molecular formula is C16H29ClN4O. The first-order valence-electron chi connectivity index (χ1n) is 8.00. The van der Waals surface area contributed by atoms with E-state index in [-0.39, 0.29) is 30.3 Å². The third kappa shape index (κ3) is 3.63. The van der Waals surface area contributed by atoms with Crippen LogP contribution in [0.3, 0.4) is 0 Å². The van der Waals surface area contributed by atoms with Gasteiger partial charge in [0.15, 0.2) is 0 Å². The van der Waals surface area contributed by atoms with Crippen molar-refractivity contribution in [3.8, 4) is 0 Å². The van der Waals surface area contributed by atoms with E-state index >= 15 is 0 Å². The Hall–Kier alpha value is -1.07. The summed E-state index contributed by atoms with van der Waals surface area (Å²) in [4.78, 5) is 12.6. The maximum absolute atomic E-state index is 12.6. The molecule has 0 spiro atoms. The molecule has 0 aromatic carbocycles. The summed E-state index contributed by atoms with van der Waals surface area (Å²) in [6.45, 7) is 6.78. The molecule has 5 nitrogen and oxygen atoms in total. The molecule has 126 valence electrons. The molecule has 2 rings (SSSR count). The minimum atomic E-state index is 0. The number of nitrogens with two attached hydrogens (primary N) is 1. The van der Waals surface area contributed by atoms with E-state index in [0.29, 0.717) is 12.5 Å². The largest absolute Gasteiger partial charge is 0.349 e. The highest BCUT2D eigenvalue weighted by Crippen LogP contribution is 2.32. The summed E-state index contributed by atoms with van der Waals surface area (Å²) >= 11 is 0. The van der Waals surface area contributed by atoms with Crippen molar-refractivity contribution in [1.82, 2.24) is 15.1 Å². The van der Waals surface area contributed by atoms with Gasteiger partial charge in [-0.25, -0.2) is 0 Å². The lowest BCUT2D eigenvalue weighted by Crippen LogP contribution is -2.37.